The summed E-state index contributed by atoms with van der Waals surface area (Å²) in [4.78, 5) is 3.95. The lowest BCUT2D eigenvalue weighted by Crippen LogP contribution is -2.51. The van der Waals surface area contributed by atoms with Gasteiger partial charge >= 0.3 is 6.18 Å². The van der Waals surface area contributed by atoms with Crippen LogP contribution in [0.5, 0.6) is 0 Å². The summed E-state index contributed by atoms with van der Waals surface area (Å²) in [5.41, 5.74) is 0.628. The second kappa shape index (κ2) is 3.55. The van der Waals surface area contributed by atoms with Crippen LogP contribution < -0.4 is 5.32 Å². The van der Waals surface area contributed by atoms with Crippen molar-refractivity contribution in [3.05, 3.63) is 30.1 Å². The number of H-pyrrole nitrogens is 1. The zero-order valence-electron chi connectivity index (χ0n) is 7.85. The van der Waals surface area contributed by atoms with E-state index < -0.39 is 11.2 Å². The van der Waals surface area contributed by atoms with Crippen molar-refractivity contribution in [2.45, 2.75) is 11.2 Å². The molecule has 0 fully saturated rings. The Kier molecular flexibility index (Phi) is 2.46. The van der Waals surface area contributed by atoms with Gasteiger partial charge in [-0.2, -0.15) is 13.2 Å². The molecule has 7 heteroatoms. The number of nitrogens with one attached hydrogen (secondary N) is 2. The summed E-state index contributed by atoms with van der Waals surface area (Å²) >= 11 is 5.45. The second-order valence-corrected chi connectivity index (χ2v) is 3.82. The minimum Gasteiger partial charge on any atom is -0.360 e. The minimum absolute atomic E-state index is 0.149. The van der Waals surface area contributed by atoms with E-state index in [-0.39, 0.29) is 5.70 Å². The molecule has 0 amide bonds. The Morgan fingerprint density at radius 2 is 2.12 bits per heavy atom. The summed E-state index contributed by atoms with van der Waals surface area (Å²) in [5.74, 6) is 0. The van der Waals surface area contributed by atoms with Gasteiger partial charge in [0.15, 0.2) is 0 Å². The van der Waals surface area contributed by atoms with E-state index in [9.17, 15) is 13.2 Å². The number of hydrogen-bond acceptors (Lipinski definition) is 2. The van der Waals surface area contributed by atoms with Crippen molar-refractivity contribution in [3.8, 4) is 0 Å². The molecule has 0 spiro atoms. The maximum absolute atomic E-state index is 12.6. The highest BCUT2D eigenvalue weighted by Gasteiger charge is 2.53. The monoisotopic (exact) mass is 249 g/mol. The molecule has 2 N–H and O–H groups in total. The fourth-order valence-electron chi connectivity index (χ4n) is 1.26. The first kappa shape index (κ1) is 11.1. The molecule has 0 aromatic carbocycles. The highest BCUT2D eigenvalue weighted by atomic mass is 35.5. The predicted octanol–water partition coefficient (Wildman–Crippen LogP) is 2.48. The zero-order valence-corrected chi connectivity index (χ0v) is 8.60. The van der Waals surface area contributed by atoms with Gasteiger partial charge in [0.1, 0.15) is 0 Å². The number of aliphatic imine (C=N–C) groups is 1. The van der Waals surface area contributed by atoms with Crippen LogP contribution in [0.3, 0.4) is 0 Å². The molecule has 86 valence electrons. The van der Waals surface area contributed by atoms with E-state index in [1.54, 1.807) is 18.3 Å². The first-order valence-electron chi connectivity index (χ1n) is 4.35. The predicted molar refractivity (Wildman–Crippen MR) is 55.0 cm³/mol. The molecule has 0 radical (unpaired) electrons. The van der Waals surface area contributed by atoms with Crippen molar-refractivity contribution >= 4 is 23.6 Å². The Morgan fingerprint density at radius 3 is 2.69 bits per heavy atom. The first-order valence-corrected chi connectivity index (χ1v) is 4.73. The number of hydrogen-bond donors (Lipinski definition) is 2. The fraction of sp³-hybridized carbons (Fsp3) is 0.222. The molecule has 1 aromatic rings. The summed E-state index contributed by atoms with van der Waals surface area (Å²) in [5, 5.41) is 1.99. The van der Waals surface area contributed by atoms with Crippen molar-refractivity contribution < 1.29 is 13.2 Å². The van der Waals surface area contributed by atoms with E-state index in [0.717, 1.165) is 12.4 Å². The normalized spacial score (nSPS) is 25.1. The standard InChI is InChI=1S/C9H7ClF3N3/c10-8(9(11,12)13)4-7(15-5-16-8)6-2-1-3-14-6/h1-5,14H,(H,15,16). The molecular weight excluding hydrogens is 243 g/mol. The van der Waals surface area contributed by atoms with Gasteiger partial charge in [-0.3, -0.25) is 0 Å². The lowest BCUT2D eigenvalue weighted by molar-refractivity contribution is -0.153. The van der Waals surface area contributed by atoms with E-state index in [1.165, 1.54) is 0 Å². The molecule has 2 rings (SSSR count). The quantitative estimate of drug-likeness (QED) is 0.583. The lowest BCUT2D eigenvalue weighted by atomic mass is 10.1. The maximum Gasteiger partial charge on any atom is 0.429 e. The van der Waals surface area contributed by atoms with Crippen LogP contribution in [0.2, 0.25) is 0 Å². The molecule has 1 aromatic heterocycles. The molecule has 1 aliphatic heterocycles. The maximum atomic E-state index is 12.6. The van der Waals surface area contributed by atoms with Crippen LogP contribution >= 0.6 is 11.6 Å². The SMILES string of the molecule is FC(F)(F)C1(Cl)C=C(c2ccc[nH]2)N=CN1. The van der Waals surface area contributed by atoms with Crippen LogP contribution in [0.15, 0.2) is 29.4 Å². The number of nitrogens with zero attached hydrogens (tertiary/aromatic N) is 1. The average Bonchev–Trinajstić information content (AvgIpc) is 2.68. The van der Waals surface area contributed by atoms with Crippen LogP contribution in [-0.2, 0) is 0 Å². The van der Waals surface area contributed by atoms with Crippen LogP contribution in [-0.4, -0.2) is 22.5 Å². The van der Waals surface area contributed by atoms with Gasteiger partial charge in [-0.1, -0.05) is 11.6 Å². The summed E-state index contributed by atoms with van der Waals surface area (Å²) in [6.07, 6.45) is -1.23. The highest BCUT2D eigenvalue weighted by molar-refractivity contribution is 6.27. The van der Waals surface area contributed by atoms with E-state index >= 15 is 0 Å². The van der Waals surface area contributed by atoms with Gasteiger partial charge in [0.2, 0.25) is 5.00 Å². The van der Waals surface area contributed by atoms with Gasteiger partial charge in [-0.25, -0.2) is 4.99 Å². The molecule has 0 saturated carbocycles. The van der Waals surface area contributed by atoms with Gasteiger partial charge in [-0.15, -0.1) is 0 Å². The second-order valence-electron chi connectivity index (χ2n) is 3.23. The summed E-state index contributed by atoms with van der Waals surface area (Å²) in [7, 11) is 0. The summed E-state index contributed by atoms with van der Waals surface area (Å²) in [6.45, 7) is 0. The number of halogens is 4. The topological polar surface area (TPSA) is 40.2 Å². The Hall–Kier alpha value is -1.43. The molecule has 0 aliphatic carbocycles. The molecule has 1 unspecified atom stereocenters. The van der Waals surface area contributed by atoms with Crippen molar-refractivity contribution in [1.29, 1.82) is 0 Å². The van der Waals surface area contributed by atoms with E-state index in [4.69, 9.17) is 11.6 Å². The van der Waals surface area contributed by atoms with Crippen LogP contribution in [0, 0.1) is 0 Å². The summed E-state index contributed by atoms with van der Waals surface area (Å²) < 4.78 is 37.9. The Balaban J connectivity index is 2.39. The molecule has 1 aliphatic rings. The van der Waals surface area contributed by atoms with Crippen LogP contribution in [0.1, 0.15) is 5.69 Å². The number of alkyl halides is 4. The van der Waals surface area contributed by atoms with E-state index in [2.05, 4.69) is 9.98 Å². The summed E-state index contributed by atoms with van der Waals surface area (Å²) in [6, 6.07) is 3.28. The molecule has 1 atom stereocenters. The average molecular weight is 250 g/mol. The Bertz CT molecular complexity index is 435. The number of aromatic nitrogens is 1. The largest absolute Gasteiger partial charge is 0.429 e. The van der Waals surface area contributed by atoms with Gasteiger partial charge in [0.05, 0.1) is 17.7 Å². The van der Waals surface area contributed by atoms with Crippen molar-refractivity contribution in [1.82, 2.24) is 10.3 Å². The van der Waals surface area contributed by atoms with E-state index in [0.29, 0.717) is 5.69 Å². The molecule has 2 heterocycles. The van der Waals surface area contributed by atoms with Gasteiger partial charge < -0.3 is 10.3 Å². The Morgan fingerprint density at radius 1 is 1.38 bits per heavy atom. The number of aromatic amines is 1. The molecular formula is C9H7ClF3N3. The third kappa shape index (κ3) is 1.80. The minimum atomic E-state index is -4.60. The van der Waals surface area contributed by atoms with Gasteiger partial charge in [0.25, 0.3) is 0 Å². The van der Waals surface area contributed by atoms with Crippen molar-refractivity contribution in [3.63, 3.8) is 0 Å². The smallest absolute Gasteiger partial charge is 0.360 e. The molecule has 3 nitrogen and oxygen atoms in total. The molecule has 16 heavy (non-hydrogen) atoms. The Labute approximate surface area is 94.0 Å². The van der Waals surface area contributed by atoms with Gasteiger partial charge in [0, 0.05) is 6.20 Å². The molecule has 0 saturated heterocycles. The van der Waals surface area contributed by atoms with E-state index in [1.807, 2.05) is 5.32 Å². The van der Waals surface area contributed by atoms with Crippen molar-refractivity contribution in [2.24, 2.45) is 4.99 Å². The zero-order chi connectivity index (χ0) is 11.8. The number of rotatable bonds is 1. The fourth-order valence-corrected chi connectivity index (χ4v) is 1.42. The third-order valence-corrected chi connectivity index (χ3v) is 2.53. The van der Waals surface area contributed by atoms with Crippen LogP contribution in [0.4, 0.5) is 13.2 Å². The molecule has 0 bridgehead atoms. The first-order chi connectivity index (χ1) is 7.42. The van der Waals surface area contributed by atoms with Crippen molar-refractivity contribution in [2.75, 3.05) is 0 Å². The van der Waals surface area contributed by atoms with Gasteiger partial charge in [-0.05, 0) is 18.2 Å². The van der Waals surface area contributed by atoms with Crippen LogP contribution in [0.25, 0.3) is 5.70 Å². The lowest BCUT2D eigenvalue weighted by Gasteiger charge is -2.29. The third-order valence-electron chi connectivity index (χ3n) is 2.10. The highest BCUT2D eigenvalue weighted by Crippen LogP contribution is 2.38.